The summed E-state index contributed by atoms with van der Waals surface area (Å²) in [6.45, 7) is 1.99. The third-order valence-electron chi connectivity index (χ3n) is 8.25. The van der Waals surface area contributed by atoms with Crippen LogP contribution in [0.3, 0.4) is 0 Å². The van der Waals surface area contributed by atoms with Gasteiger partial charge in [0.1, 0.15) is 0 Å². The van der Waals surface area contributed by atoms with Crippen LogP contribution in [0.4, 0.5) is 5.69 Å². The molecule has 1 aromatic heterocycles. The van der Waals surface area contributed by atoms with E-state index in [1.54, 1.807) is 11.8 Å². The summed E-state index contributed by atoms with van der Waals surface area (Å²) in [5.74, 6) is -0.205. The lowest BCUT2D eigenvalue weighted by Crippen LogP contribution is -2.42. The van der Waals surface area contributed by atoms with Gasteiger partial charge in [-0.2, -0.15) is 0 Å². The SMILES string of the molecule is Cc1ccc(N2C(=O)[C@H]3[C@@H]4C[C@@H]([C@@H]3C2=O)[C@H]2[C@H](c3ccc(Cl)cc3)c3sc(=O)[nH]c3S[C@H]42)cc1. The van der Waals surface area contributed by atoms with Crippen molar-refractivity contribution in [3.8, 4) is 0 Å². The van der Waals surface area contributed by atoms with Gasteiger partial charge in [0.15, 0.2) is 0 Å². The minimum Gasteiger partial charge on any atom is -0.307 e. The number of thiazole rings is 1. The number of aryl methyl sites for hydroxylation is 1. The Labute approximate surface area is 209 Å². The van der Waals surface area contributed by atoms with E-state index in [1.165, 1.54) is 16.2 Å². The normalized spacial score (nSPS) is 33.2. The number of aromatic amines is 1. The van der Waals surface area contributed by atoms with Gasteiger partial charge in [0, 0.05) is 21.1 Å². The van der Waals surface area contributed by atoms with E-state index in [4.69, 9.17) is 11.6 Å². The Morgan fingerprint density at radius 1 is 0.941 bits per heavy atom. The van der Waals surface area contributed by atoms with Crippen LogP contribution in [0.15, 0.2) is 58.4 Å². The van der Waals surface area contributed by atoms with Gasteiger partial charge < -0.3 is 4.98 Å². The molecule has 8 heteroatoms. The number of nitrogens with zero attached hydrogens (tertiary/aromatic N) is 1. The first-order chi connectivity index (χ1) is 16.4. The first-order valence-electron chi connectivity index (χ1n) is 11.5. The van der Waals surface area contributed by atoms with Gasteiger partial charge in [-0.25, -0.2) is 0 Å². The molecular weight excluding hydrogens is 488 g/mol. The average Bonchev–Trinajstić information content (AvgIpc) is 3.54. The van der Waals surface area contributed by atoms with Crippen LogP contribution in [-0.4, -0.2) is 22.0 Å². The predicted octanol–water partition coefficient (Wildman–Crippen LogP) is 5.08. The summed E-state index contributed by atoms with van der Waals surface area (Å²) in [4.78, 5) is 45.1. The van der Waals surface area contributed by atoms with Crippen molar-refractivity contribution >= 4 is 52.2 Å². The van der Waals surface area contributed by atoms with E-state index < -0.39 is 0 Å². The number of benzene rings is 2. The van der Waals surface area contributed by atoms with Gasteiger partial charge >= 0.3 is 4.87 Å². The molecule has 2 aromatic carbocycles. The van der Waals surface area contributed by atoms with E-state index in [9.17, 15) is 14.4 Å². The molecule has 2 bridgehead atoms. The summed E-state index contributed by atoms with van der Waals surface area (Å²) >= 11 is 9.16. The molecule has 3 heterocycles. The van der Waals surface area contributed by atoms with Crippen LogP contribution in [0.5, 0.6) is 0 Å². The second-order valence-electron chi connectivity index (χ2n) is 9.86. The van der Waals surface area contributed by atoms with Crippen LogP contribution in [0.1, 0.15) is 28.3 Å². The zero-order valence-electron chi connectivity index (χ0n) is 18.2. The molecule has 2 saturated carbocycles. The van der Waals surface area contributed by atoms with Gasteiger partial charge in [-0.1, -0.05) is 52.8 Å². The molecule has 0 unspecified atom stereocenters. The zero-order valence-corrected chi connectivity index (χ0v) is 20.6. The molecule has 2 aliphatic heterocycles. The van der Waals surface area contributed by atoms with E-state index >= 15 is 0 Å². The Morgan fingerprint density at radius 3 is 2.32 bits per heavy atom. The number of amides is 2. The zero-order chi connectivity index (χ0) is 23.3. The minimum absolute atomic E-state index is 0.0229. The molecule has 0 radical (unpaired) electrons. The summed E-state index contributed by atoms with van der Waals surface area (Å²) in [6, 6.07) is 15.5. The molecule has 7 atom stereocenters. The molecule has 1 N–H and O–H groups in total. The Bertz CT molecular complexity index is 1400. The van der Waals surface area contributed by atoms with Crippen LogP contribution in [0, 0.1) is 36.5 Å². The second-order valence-corrected chi connectivity index (χ2v) is 12.5. The topological polar surface area (TPSA) is 70.2 Å². The van der Waals surface area contributed by atoms with E-state index in [0.29, 0.717) is 10.7 Å². The second kappa shape index (κ2) is 7.33. The molecule has 5 nitrogen and oxygen atoms in total. The van der Waals surface area contributed by atoms with Crippen LogP contribution < -0.4 is 9.77 Å². The fourth-order valence-corrected chi connectivity index (χ4v) is 10.0. The number of imide groups is 1. The molecule has 172 valence electrons. The highest BCUT2D eigenvalue weighted by atomic mass is 35.5. The monoisotopic (exact) mass is 508 g/mol. The highest BCUT2D eigenvalue weighted by Crippen LogP contribution is 2.68. The van der Waals surface area contributed by atoms with Gasteiger partial charge in [-0.05, 0) is 60.9 Å². The Balaban J connectivity index is 1.32. The molecule has 3 aromatic rings. The van der Waals surface area contributed by atoms with Crippen molar-refractivity contribution in [1.82, 2.24) is 4.98 Å². The van der Waals surface area contributed by atoms with Crippen molar-refractivity contribution in [2.75, 3.05) is 4.90 Å². The van der Waals surface area contributed by atoms with Crippen molar-refractivity contribution in [3.05, 3.63) is 79.2 Å². The smallest absolute Gasteiger partial charge is 0.305 e. The summed E-state index contributed by atoms with van der Waals surface area (Å²) in [7, 11) is 0. The number of thioether (sulfide) groups is 1. The summed E-state index contributed by atoms with van der Waals surface area (Å²) in [5.41, 5.74) is 2.88. The highest BCUT2D eigenvalue weighted by molar-refractivity contribution is 8.00. The summed E-state index contributed by atoms with van der Waals surface area (Å²) in [5, 5.41) is 1.79. The number of nitrogens with one attached hydrogen (secondary N) is 1. The Kier molecular flexibility index (Phi) is 4.52. The maximum absolute atomic E-state index is 13.7. The van der Waals surface area contributed by atoms with Gasteiger partial charge in [0.05, 0.1) is 22.5 Å². The number of carbonyl (C=O) groups excluding carboxylic acids is 2. The molecule has 4 aliphatic rings. The third-order valence-corrected chi connectivity index (χ3v) is 11.1. The van der Waals surface area contributed by atoms with E-state index in [-0.39, 0.29) is 57.4 Å². The number of carbonyl (C=O) groups is 2. The van der Waals surface area contributed by atoms with Crippen LogP contribution in [-0.2, 0) is 9.59 Å². The first kappa shape index (κ1) is 21.0. The van der Waals surface area contributed by atoms with E-state index in [1.807, 2.05) is 55.5 Å². The Hall–Kier alpha value is -2.35. The maximum Gasteiger partial charge on any atom is 0.305 e. The lowest BCUT2D eigenvalue weighted by atomic mass is 9.68. The molecular formula is C26H21ClN2O3S2. The lowest BCUT2D eigenvalue weighted by Gasteiger charge is -2.43. The number of rotatable bonds is 2. The lowest BCUT2D eigenvalue weighted by molar-refractivity contribution is -0.123. The van der Waals surface area contributed by atoms with Crippen molar-refractivity contribution in [2.45, 2.75) is 29.5 Å². The fourth-order valence-electron chi connectivity index (χ4n) is 7.01. The van der Waals surface area contributed by atoms with Gasteiger partial charge in [-0.15, -0.1) is 11.8 Å². The molecule has 34 heavy (non-hydrogen) atoms. The number of H-pyrrole nitrogens is 1. The molecule has 0 spiro atoms. The largest absolute Gasteiger partial charge is 0.307 e. The molecule has 7 rings (SSSR count). The van der Waals surface area contributed by atoms with Crippen molar-refractivity contribution < 1.29 is 9.59 Å². The van der Waals surface area contributed by atoms with Gasteiger partial charge in [0.25, 0.3) is 0 Å². The number of halogens is 1. The number of fused-ring (bicyclic) bond motifs is 9. The maximum atomic E-state index is 13.7. The summed E-state index contributed by atoms with van der Waals surface area (Å²) < 4.78 is 0. The number of aromatic nitrogens is 1. The average molecular weight is 509 g/mol. The highest BCUT2D eigenvalue weighted by Gasteiger charge is 2.69. The minimum atomic E-state index is -0.285. The van der Waals surface area contributed by atoms with Gasteiger partial charge in [-0.3, -0.25) is 19.3 Å². The van der Waals surface area contributed by atoms with Crippen molar-refractivity contribution in [2.24, 2.45) is 29.6 Å². The van der Waals surface area contributed by atoms with Crippen LogP contribution in [0.25, 0.3) is 0 Å². The van der Waals surface area contributed by atoms with Crippen molar-refractivity contribution in [3.63, 3.8) is 0 Å². The predicted molar refractivity (Wildman–Crippen MR) is 134 cm³/mol. The van der Waals surface area contributed by atoms with Crippen LogP contribution in [0.2, 0.25) is 5.02 Å². The van der Waals surface area contributed by atoms with Crippen LogP contribution >= 0.6 is 34.7 Å². The number of anilines is 1. The van der Waals surface area contributed by atoms with E-state index in [0.717, 1.165) is 27.5 Å². The quantitative estimate of drug-likeness (QED) is 0.490. The molecule has 1 saturated heterocycles. The van der Waals surface area contributed by atoms with Crippen molar-refractivity contribution in [1.29, 1.82) is 0 Å². The molecule has 2 aliphatic carbocycles. The van der Waals surface area contributed by atoms with Gasteiger partial charge in [0.2, 0.25) is 11.8 Å². The number of hydrogen-bond donors (Lipinski definition) is 1. The standard InChI is InChI=1S/C26H21ClN2O3S2/c1-11-2-8-14(9-3-11)29-24(30)19-15-10-16(20(19)25(29)31)21-18(15)17(12-4-6-13(27)7-5-12)22-23(33-21)28-26(32)34-22/h2-9,15-21H,10H2,1H3,(H,28,32)/t15-,16+,17+,18+,19+,20+,21-/m1/s1. The third kappa shape index (κ3) is 2.77. The Morgan fingerprint density at radius 2 is 1.62 bits per heavy atom. The molecule has 2 amide bonds. The summed E-state index contributed by atoms with van der Waals surface area (Å²) in [6.07, 6.45) is 0.889. The number of hydrogen-bond acceptors (Lipinski definition) is 5. The van der Waals surface area contributed by atoms with E-state index in [2.05, 4.69) is 4.98 Å². The first-order valence-corrected chi connectivity index (χ1v) is 13.6. The fraction of sp³-hybridized carbons (Fsp3) is 0.346. The molecule has 3 fully saturated rings.